The third-order valence-electron chi connectivity index (χ3n) is 4.02. The summed E-state index contributed by atoms with van der Waals surface area (Å²) in [6.45, 7) is 8.91. The summed E-state index contributed by atoms with van der Waals surface area (Å²) in [7, 11) is 0. The van der Waals surface area contributed by atoms with E-state index >= 15 is 0 Å². The van der Waals surface area contributed by atoms with E-state index in [1.807, 2.05) is 13.8 Å². The summed E-state index contributed by atoms with van der Waals surface area (Å²) in [5, 5.41) is 14.6. The molecule has 0 bridgehead atoms. The van der Waals surface area contributed by atoms with Gasteiger partial charge in [-0.2, -0.15) is 0 Å². The SMILES string of the molecule is CC(C)CNC(=O)N1CCCC(C(=O)NCC(C)(C)C(=O)O)C1. The molecule has 0 aromatic carbocycles. The maximum atomic E-state index is 12.2. The van der Waals surface area contributed by atoms with E-state index < -0.39 is 11.4 Å². The van der Waals surface area contributed by atoms with Gasteiger partial charge in [0.25, 0.3) is 0 Å². The highest BCUT2D eigenvalue weighted by Gasteiger charge is 2.31. The van der Waals surface area contributed by atoms with E-state index in [1.54, 1.807) is 18.7 Å². The van der Waals surface area contributed by atoms with Crippen LogP contribution in [0.25, 0.3) is 0 Å². The minimum absolute atomic E-state index is 0.0806. The molecule has 0 radical (unpaired) electrons. The summed E-state index contributed by atoms with van der Waals surface area (Å²) in [6, 6.07) is -0.137. The van der Waals surface area contributed by atoms with Gasteiger partial charge in [0.1, 0.15) is 0 Å². The number of rotatable bonds is 6. The van der Waals surface area contributed by atoms with E-state index in [4.69, 9.17) is 5.11 Å². The molecule has 0 aromatic rings. The number of carbonyl (C=O) groups is 3. The fourth-order valence-electron chi connectivity index (χ4n) is 2.31. The summed E-state index contributed by atoms with van der Waals surface area (Å²) in [5.74, 6) is -1.03. The lowest BCUT2D eigenvalue weighted by Gasteiger charge is -2.32. The number of aliphatic carboxylic acids is 1. The van der Waals surface area contributed by atoms with Gasteiger partial charge in [0.2, 0.25) is 5.91 Å². The average Bonchev–Trinajstić information content (AvgIpc) is 2.50. The molecule has 3 amide bonds. The van der Waals surface area contributed by atoms with Crippen molar-refractivity contribution in [2.24, 2.45) is 17.3 Å². The molecule has 1 heterocycles. The van der Waals surface area contributed by atoms with Gasteiger partial charge in [0.05, 0.1) is 11.3 Å². The van der Waals surface area contributed by atoms with E-state index in [9.17, 15) is 14.4 Å². The van der Waals surface area contributed by atoms with Crippen molar-refractivity contribution in [3.8, 4) is 0 Å². The van der Waals surface area contributed by atoms with Gasteiger partial charge < -0.3 is 20.6 Å². The topological polar surface area (TPSA) is 98.7 Å². The van der Waals surface area contributed by atoms with Crippen LogP contribution in [0.15, 0.2) is 0 Å². The van der Waals surface area contributed by atoms with Crippen LogP contribution in [0.4, 0.5) is 4.79 Å². The third kappa shape index (κ3) is 6.08. The first-order valence-corrected chi connectivity index (χ1v) is 8.17. The van der Waals surface area contributed by atoms with E-state index in [-0.39, 0.29) is 24.4 Å². The van der Waals surface area contributed by atoms with Crippen LogP contribution in [0, 0.1) is 17.3 Å². The van der Waals surface area contributed by atoms with Crippen LogP contribution in [0.2, 0.25) is 0 Å². The Morgan fingerprint density at radius 1 is 1.26 bits per heavy atom. The zero-order valence-corrected chi connectivity index (χ0v) is 14.5. The Kier molecular flexibility index (Phi) is 6.84. The lowest BCUT2D eigenvalue weighted by molar-refractivity contribution is -0.146. The molecular formula is C16H29N3O4. The molecule has 0 saturated carbocycles. The van der Waals surface area contributed by atoms with Crippen molar-refractivity contribution in [3.63, 3.8) is 0 Å². The average molecular weight is 327 g/mol. The molecule has 1 atom stereocenters. The highest BCUT2D eigenvalue weighted by Crippen LogP contribution is 2.18. The van der Waals surface area contributed by atoms with Crippen LogP contribution in [0.3, 0.4) is 0 Å². The van der Waals surface area contributed by atoms with Crippen LogP contribution in [0.1, 0.15) is 40.5 Å². The Labute approximate surface area is 137 Å². The monoisotopic (exact) mass is 327 g/mol. The molecule has 7 nitrogen and oxygen atoms in total. The summed E-state index contributed by atoms with van der Waals surface area (Å²) >= 11 is 0. The molecule has 7 heteroatoms. The number of carboxylic acids is 1. The highest BCUT2D eigenvalue weighted by molar-refractivity contribution is 5.82. The number of carboxylic acid groups (broad SMARTS) is 1. The lowest BCUT2D eigenvalue weighted by Crippen LogP contribution is -2.50. The Hall–Kier alpha value is -1.79. The zero-order valence-electron chi connectivity index (χ0n) is 14.5. The van der Waals surface area contributed by atoms with Gasteiger partial charge in [-0.15, -0.1) is 0 Å². The second kappa shape index (κ2) is 8.17. The molecule has 1 aliphatic rings. The molecule has 1 fully saturated rings. The first-order valence-electron chi connectivity index (χ1n) is 8.17. The van der Waals surface area contributed by atoms with Crippen LogP contribution in [-0.2, 0) is 9.59 Å². The first-order chi connectivity index (χ1) is 10.6. The third-order valence-corrected chi connectivity index (χ3v) is 4.02. The van der Waals surface area contributed by atoms with Crippen molar-refractivity contribution in [2.45, 2.75) is 40.5 Å². The van der Waals surface area contributed by atoms with Gasteiger partial charge in [0.15, 0.2) is 0 Å². The number of nitrogens with one attached hydrogen (secondary N) is 2. The predicted octanol–water partition coefficient (Wildman–Crippen LogP) is 1.29. The number of nitrogens with zero attached hydrogens (tertiary/aromatic N) is 1. The molecule has 0 spiro atoms. The minimum atomic E-state index is -1.00. The second-order valence-electron chi connectivity index (χ2n) is 7.27. The maximum absolute atomic E-state index is 12.2. The molecule has 1 rings (SSSR count). The minimum Gasteiger partial charge on any atom is -0.481 e. The van der Waals surface area contributed by atoms with Crippen molar-refractivity contribution in [1.82, 2.24) is 15.5 Å². The number of amides is 3. The molecule has 1 unspecified atom stereocenters. The number of urea groups is 1. The normalized spacial score (nSPS) is 18.7. The fourth-order valence-corrected chi connectivity index (χ4v) is 2.31. The van der Waals surface area contributed by atoms with Crippen molar-refractivity contribution in [2.75, 3.05) is 26.2 Å². The van der Waals surface area contributed by atoms with E-state index in [2.05, 4.69) is 10.6 Å². The number of piperidine rings is 1. The lowest BCUT2D eigenvalue weighted by atomic mass is 9.92. The zero-order chi connectivity index (χ0) is 17.6. The van der Waals surface area contributed by atoms with Gasteiger partial charge >= 0.3 is 12.0 Å². The van der Waals surface area contributed by atoms with Crippen molar-refractivity contribution in [1.29, 1.82) is 0 Å². The molecule has 0 aliphatic carbocycles. The Bertz CT molecular complexity index is 449. The quantitative estimate of drug-likeness (QED) is 0.684. The van der Waals surface area contributed by atoms with Crippen molar-refractivity contribution < 1.29 is 19.5 Å². The summed E-state index contributed by atoms with van der Waals surface area (Å²) < 4.78 is 0. The first kappa shape index (κ1) is 19.3. The molecule has 132 valence electrons. The van der Waals surface area contributed by atoms with E-state index in [0.29, 0.717) is 32.0 Å². The molecule has 0 aromatic heterocycles. The smallest absolute Gasteiger partial charge is 0.317 e. The van der Waals surface area contributed by atoms with Gasteiger partial charge in [-0.1, -0.05) is 13.8 Å². The molecule has 1 saturated heterocycles. The van der Waals surface area contributed by atoms with E-state index in [0.717, 1.165) is 6.42 Å². The van der Waals surface area contributed by atoms with Crippen LogP contribution in [0.5, 0.6) is 0 Å². The predicted molar refractivity (Wildman–Crippen MR) is 87.0 cm³/mol. The summed E-state index contributed by atoms with van der Waals surface area (Å²) in [4.78, 5) is 37.1. The van der Waals surface area contributed by atoms with Crippen molar-refractivity contribution >= 4 is 17.9 Å². The van der Waals surface area contributed by atoms with E-state index in [1.165, 1.54) is 0 Å². The van der Waals surface area contributed by atoms with Crippen LogP contribution < -0.4 is 10.6 Å². The molecular weight excluding hydrogens is 298 g/mol. The standard InChI is InChI=1S/C16H29N3O4/c1-11(2)8-17-15(23)19-7-5-6-12(9-19)13(20)18-10-16(3,4)14(21)22/h11-12H,5-10H2,1-4H3,(H,17,23)(H,18,20)(H,21,22). The summed E-state index contributed by atoms with van der Waals surface area (Å²) in [5.41, 5.74) is -1.00. The number of hydrogen-bond acceptors (Lipinski definition) is 3. The number of hydrogen-bond donors (Lipinski definition) is 3. The summed E-state index contributed by atoms with van der Waals surface area (Å²) in [6.07, 6.45) is 1.49. The molecule has 1 aliphatic heterocycles. The number of likely N-dealkylation sites (tertiary alicyclic amines) is 1. The van der Waals surface area contributed by atoms with Crippen LogP contribution in [-0.4, -0.2) is 54.1 Å². The van der Waals surface area contributed by atoms with Gasteiger partial charge in [-0.3, -0.25) is 9.59 Å². The Morgan fingerprint density at radius 2 is 1.91 bits per heavy atom. The molecule has 3 N–H and O–H groups in total. The highest BCUT2D eigenvalue weighted by atomic mass is 16.4. The maximum Gasteiger partial charge on any atom is 0.317 e. The fraction of sp³-hybridized carbons (Fsp3) is 0.812. The van der Waals surface area contributed by atoms with Gasteiger partial charge in [0, 0.05) is 26.2 Å². The molecule has 23 heavy (non-hydrogen) atoms. The van der Waals surface area contributed by atoms with Gasteiger partial charge in [-0.25, -0.2) is 4.79 Å². The second-order valence-corrected chi connectivity index (χ2v) is 7.27. The Morgan fingerprint density at radius 3 is 2.48 bits per heavy atom. The largest absolute Gasteiger partial charge is 0.481 e. The van der Waals surface area contributed by atoms with Crippen molar-refractivity contribution in [3.05, 3.63) is 0 Å². The van der Waals surface area contributed by atoms with Crippen LogP contribution >= 0.6 is 0 Å². The Balaban J connectivity index is 2.49. The number of carbonyl (C=O) groups excluding carboxylic acids is 2. The van der Waals surface area contributed by atoms with Gasteiger partial charge in [-0.05, 0) is 32.6 Å².